The molecule has 1 aliphatic rings. The fourth-order valence-corrected chi connectivity index (χ4v) is 2.01. The molecule has 1 saturated carbocycles. The maximum absolute atomic E-state index is 11.7. The van der Waals surface area contributed by atoms with Crippen LogP contribution in [0.25, 0.3) is 0 Å². The van der Waals surface area contributed by atoms with Crippen LogP contribution < -0.4 is 11.1 Å². The number of carbonyl (C=O) groups excluding carboxylic acids is 1. The van der Waals surface area contributed by atoms with Crippen LogP contribution >= 0.6 is 0 Å². The molecule has 1 rings (SSSR count). The van der Waals surface area contributed by atoms with E-state index in [9.17, 15) is 4.79 Å². The molecule has 0 aromatic heterocycles. The largest absolute Gasteiger partial charge is 0.380 e. The first kappa shape index (κ1) is 12.5. The molecule has 0 heterocycles. The summed E-state index contributed by atoms with van der Waals surface area (Å²) in [6, 6.07) is 0.0471. The summed E-state index contributed by atoms with van der Waals surface area (Å²) < 4.78 is 5.15. The molecule has 0 aliphatic heterocycles. The fraction of sp³-hybridized carbons (Fsp3) is 0.909. The van der Waals surface area contributed by atoms with Gasteiger partial charge in [0.2, 0.25) is 5.91 Å². The van der Waals surface area contributed by atoms with Crippen LogP contribution in [0, 0.1) is 5.92 Å². The molecule has 3 N–H and O–H groups in total. The van der Waals surface area contributed by atoms with Gasteiger partial charge in [-0.15, -0.1) is 0 Å². The summed E-state index contributed by atoms with van der Waals surface area (Å²) in [4.78, 5) is 11.7. The Bertz CT molecular complexity index is 197. The van der Waals surface area contributed by atoms with Gasteiger partial charge in [0.25, 0.3) is 0 Å². The van der Waals surface area contributed by atoms with Crippen molar-refractivity contribution >= 4 is 5.91 Å². The highest BCUT2D eigenvalue weighted by atomic mass is 16.5. The van der Waals surface area contributed by atoms with Gasteiger partial charge in [0.15, 0.2) is 0 Å². The van der Waals surface area contributed by atoms with Crippen molar-refractivity contribution in [3.8, 4) is 0 Å². The summed E-state index contributed by atoms with van der Waals surface area (Å²) >= 11 is 0. The van der Waals surface area contributed by atoms with E-state index in [0.717, 1.165) is 25.7 Å². The topological polar surface area (TPSA) is 64.3 Å². The van der Waals surface area contributed by atoms with Crippen LogP contribution in [0.3, 0.4) is 0 Å². The Morgan fingerprint density at radius 3 is 2.87 bits per heavy atom. The summed E-state index contributed by atoms with van der Waals surface area (Å²) in [5.41, 5.74) is 5.92. The molecule has 0 radical (unpaired) electrons. The SMILES string of the molecule is CCOCCNC(=O)C1CCCCC1N. The van der Waals surface area contributed by atoms with Crippen LogP contribution in [-0.2, 0) is 9.53 Å². The van der Waals surface area contributed by atoms with Crippen molar-refractivity contribution in [3.05, 3.63) is 0 Å². The third-order valence-electron chi connectivity index (χ3n) is 2.91. The van der Waals surface area contributed by atoms with Crippen molar-refractivity contribution in [1.29, 1.82) is 0 Å². The molecule has 88 valence electrons. The lowest BCUT2D eigenvalue weighted by Gasteiger charge is -2.27. The van der Waals surface area contributed by atoms with Crippen molar-refractivity contribution in [3.63, 3.8) is 0 Å². The molecule has 0 bridgehead atoms. The number of ether oxygens (including phenoxy) is 1. The Balaban J connectivity index is 2.20. The highest BCUT2D eigenvalue weighted by molar-refractivity contribution is 5.79. The van der Waals surface area contributed by atoms with Gasteiger partial charge in [0.05, 0.1) is 12.5 Å². The Kier molecular flexibility index (Phi) is 5.65. The highest BCUT2D eigenvalue weighted by Gasteiger charge is 2.27. The first-order chi connectivity index (χ1) is 7.25. The second-order valence-corrected chi connectivity index (χ2v) is 4.04. The Hall–Kier alpha value is -0.610. The van der Waals surface area contributed by atoms with E-state index in [2.05, 4.69) is 5.32 Å². The number of nitrogens with one attached hydrogen (secondary N) is 1. The number of hydrogen-bond donors (Lipinski definition) is 2. The lowest BCUT2D eigenvalue weighted by Crippen LogP contribution is -2.44. The van der Waals surface area contributed by atoms with Crippen molar-refractivity contribution in [2.24, 2.45) is 11.7 Å². The maximum Gasteiger partial charge on any atom is 0.224 e. The fourth-order valence-electron chi connectivity index (χ4n) is 2.01. The van der Waals surface area contributed by atoms with Crippen molar-refractivity contribution in [1.82, 2.24) is 5.32 Å². The summed E-state index contributed by atoms with van der Waals surface area (Å²) in [7, 11) is 0. The number of hydrogen-bond acceptors (Lipinski definition) is 3. The molecule has 15 heavy (non-hydrogen) atoms. The summed E-state index contributed by atoms with van der Waals surface area (Å²) in [5, 5.41) is 2.87. The lowest BCUT2D eigenvalue weighted by molar-refractivity contribution is -0.126. The number of nitrogens with two attached hydrogens (primary N) is 1. The van der Waals surface area contributed by atoms with Crippen LogP contribution in [0.15, 0.2) is 0 Å². The predicted octanol–water partition coefficient (Wildman–Crippen LogP) is 0.657. The van der Waals surface area contributed by atoms with Crippen LogP contribution in [0.1, 0.15) is 32.6 Å². The Morgan fingerprint density at radius 1 is 1.47 bits per heavy atom. The first-order valence-corrected chi connectivity index (χ1v) is 5.86. The smallest absolute Gasteiger partial charge is 0.224 e. The van der Waals surface area contributed by atoms with E-state index in [-0.39, 0.29) is 17.9 Å². The van der Waals surface area contributed by atoms with Gasteiger partial charge in [-0.3, -0.25) is 4.79 Å². The Labute approximate surface area is 91.5 Å². The van der Waals surface area contributed by atoms with Gasteiger partial charge in [-0.05, 0) is 19.8 Å². The minimum atomic E-state index is 0.0142. The highest BCUT2D eigenvalue weighted by Crippen LogP contribution is 2.22. The quantitative estimate of drug-likeness (QED) is 0.661. The molecular weight excluding hydrogens is 192 g/mol. The zero-order chi connectivity index (χ0) is 11.1. The predicted molar refractivity (Wildman–Crippen MR) is 59.4 cm³/mol. The molecule has 0 aromatic rings. The summed E-state index contributed by atoms with van der Waals surface area (Å²) in [6.07, 6.45) is 4.19. The second kappa shape index (κ2) is 6.80. The zero-order valence-electron chi connectivity index (χ0n) is 9.50. The van der Waals surface area contributed by atoms with E-state index in [1.165, 1.54) is 0 Å². The van der Waals surface area contributed by atoms with Gasteiger partial charge in [0, 0.05) is 19.2 Å². The van der Waals surface area contributed by atoms with Gasteiger partial charge in [-0.2, -0.15) is 0 Å². The minimum absolute atomic E-state index is 0.0142. The maximum atomic E-state index is 11.7. The lowest BCUT2D eigenvalue weighted by atomic mass is 9.84. The number of carbonyl (C=O) groups is 1. The number of amides is 1. The van der Waals surface area contributed by atoms with Gasteiger partial charge in [0.1, 0.15) is 0 Å². The van der Waals surface area contributed by atoms with Crippen LogP contribution in [0.5, 0.6) is 0 Å². The number of rotatable bonds is 5. The van der Waals surface area contributed by atoms with E-state index >= 15 is 0 Å². The minimum Gasteiger partial charge on any atom is -0.380 e. The average Bonchev–Trinajstić information content (AvgIpc) is 2.25. The van der Waals surface area contributed by atoms with Crippen molar-refractivity contribution in [2.45, 2.75) is 38.6 Å². The summed E-state index contributed by atoms with van der Waals surface area (Å²) in [6.45, 7) is 3.82. The first-order valence-electron chi connectivity index (χ1n) is 5.86. The van der Waals surface area contributed by atoms with E-state index in [4.69, 9.17) is 10.5 Å². The van der Waals surface area contributed by atoms with Gasteiger partial charge in [-0.1, -0.05) is 12.8 Å². The molecule has 2 unspecified atom stereocenters. The van der Waals surface area contributed by atoms with Crippen LogP contribution in [-0.4, -0.2) is 31.7 Å². The van der Waals surface area contributed by atoms with Crippen LogP contribution in [0.2, 0.25) is 0 Å². The van der Waals surface area contributed by atoms with Gasteiger partial charge < -0.3 is 15.8 Å². The third-order valence-corrected chi connectivity index (χ3v) is 2.91. The van der Waals surface area contributed by atoms with E-state index in [0.29, 0.717) is 19.8 Å². The standard InChI is InChI=1S/C11H22N2O2/c1-2-15-8-7-13-11(14)9-5-3-4-6-10(9)12/h9-10H,2-8,12H2,1H3,(H,13,14). The van der Waals surface area contributed by atoms with Gasteiger partial charge >= 0.3 is 0 Å². The zero-order valence-corrected chi connectivity index (χ0v) is 9.50. The monoisotopic (exact) mass is 214 g/mol. The van der Waals surface area contributed by atoms with Gasteiger partial charge in [-0.25, -0.2) is 0 Å². The third kappa shape index (κ3) is 4.18. The normalized spacial score (nSPS) is 26.3. The molecule has 1 fully saturated rings. The average molecular weight is 214 g/mol. The Morgan fingerprint density at radius 2 is 2.20 bits per heavy atom. The molecule has 4 heteroatoms. The molecule has 2 atom stereocenters. The second-order valence-electron chi connectivity index (χ2n) is 4.04. The van der Waals surface area contributed by atoms with Crippen molar-refractivity contribution < 1.29 is 9.53 Å². The van der Waals surface area contributed by atoms with Crippen LogP contribution in [0.4, 0.5) is 0 Å². The van der Waals surface area contributed by atoms with E-state index in [1.54, 1.807) is 0 Å². The molecule has 1 amide bonds. The van der Waals surface area contributed by atoms with E-state index < -0.39 is 0 Å². The molecule has 0 aromatic carbocycles. The molecule has 0 saturated heterocycles. The molecule has 0 spiro atoms. The molecule has 4 nitrogen and oxygen atoms in total. The van der Waals surface area contributed by atoms with E-state index in [1.807, 2.05) is 6.92 Å². The summed E-state index contributed by atoms with van der Waals surface area (Å²) in [5.74, 6) is 0.113. The van der Waals surface area contributed by atoms with Crippen molar-refractivity contribution in [2.75, 3.05) is 19.8 Å². The molecule has 1 aliphatic carbocycles. The molecular formula is C11H22N2O2.